The molecule has 0 spiro atoms. The van der Waals surface area contributed by atoms with Crippen LogP contribution in [0.1, 0.15) is 245 Å². The third-order valence-corrected chi connectivity index (χ3v) is 13.4. The topological polar surface area (TPSA) is 94.1 Å². The Morgan fingerprint density at radius 2 is 0.817 bits per heavy atom. The van der Waals surface area contributed by atoms with Crippen molar-refractivity contribution in [2.24, 2.45) is 0 Å². The molecule has 9 heteroatoms. The van der Waals surface area contributed by atoms with Crippen LogP contribution in [0.3, 0.4) is 0 Å². The average molecular weight is 1010 g/mol. The fourth-order valence-corrected chi connectivity index (χ4v) is 8.69. The maximum absolute atomic E-state index is 12.8. The molecule has 0 aromatic rings. The molecule has 8 nitrogen and oxygen atoms in total. The van der Waals surface area contributed by atoms with Crippen LogP contribution in [-0.2, 0) is 27.9 Å². The zero-order valence-corrected chi connectivity index (χ0v) is 47.8. The van der Waals surface area contributed by atoms with E-state index < -0.39 is 13.9 Å². The summed E-state index contributed by atoms with van der Waals surface area (Å²) >= 11 is 0. The van der Waals surface area contributed by atoms with Crippen molar-refractivity contribution in [2.75, 3.05) is 54.1 Å². The fourth-order valence-electron chi connectivity index (χ4n) is 7.96. The van der Waals surface area contributed by atoms with Gasteiger partial charge in [-0.2, -0.15) is 0 Å². The zero-order valence-electron chi connectivity index (χ0n) is 46.9. The number of hydrogen-bond donors (Lipinski definition) is 0. The van der Waals surface area contributed by atoms with Crippen LogP contribution in [0.4, 0.5) is 0 Å². The number of esters is 1. The molecule has 0 aliphatic carbocycles. The summed E-state index contributed by atoms with van der Waals surface area (Å²) in [5, 5.41) is 0. The van der Waals surface area contributed by atoms with E-state index in [2.05, 4.69) is 98.9 Å². The number of carbonyl (C=O) groups is 1. The lowest BCUT2D eigenvalue weighted by atomic mass is 10.0. The lowest BCUT2D eigenvalue weighted by molar-refractivity contribution is -0.870. The lowest BCUT2D eigenvalue weighted by Gasteiger charge is -2.28. The summed E-state index contributed by atoms with van der Waals surface area (Å²) in [5.41, 5.74) is 0. The molecule has 0 rings (SSSR count). The van der Waals surface area contributed by atoms with Crippen LogP contribution < -0.4 is 4.89 Å². The minimum atomic E-state index is -4.54. The van der Waals surface area contributed by atoms with E-state index in [9.17, 15) is 14.3 Å². The molecule has 0 bridgehead atoms. The summed E-state index contributed by atoms with van der Waals surface area (Å²) in [7, 11) is 1.35. The Morgan fingerprint density at radius 1 is 0.451 bits per heavy atom. The number of hydrogen-bond acceptors (Lipinski definition) is 7. The summed E-state index contributed by atoms with van der Waals surface area (Å²) in [6.07, 6.45) is 73.3. The van der Waals surface area contributed by atoms with Crippen LogP contribution in [0.25, 0.3) is 0 Å². The number of carbonyl (C=O) groups excluding carboxylic acids is 1. The Balaban J connectivity index is 4.10. The van der Waals surface area contributed by atoms with Crippen molar-refractivity contribution in [3.63, 3.8) is 0 Å². The van der Waals surface area contributed by atoms with Crippen LogP contribution in [0, 0.1) is 0 Å². The molecule has 0 aliphatic heterocycles. The van der Waals surface area contributed by atoms with Crippen molar-refractivity contribution in [1.82, 2.24) is 0 Å². The Kier molecular flexibility index (Phi) is 52.2. The molecule has 412 valence electrons. The van der Waals surface area contributed by atoms with Crippen molar-refractivity contribution >= 4 is 13.8 Å². The molecule has 0 aromatic heterocycles. The minimum absolute atomic E-state index is 0.0212. The Hall–Kier alpha value is -2.32. The summed E-state index contributed by atoms with van der Waals surface area (Å²) in [4.78, 5) is 25.3. The summed E-state index contributed by atoms with van der Waals surface area (Å²) < 4.78 is 34.9. The first-order valence-electron chi connectivity index (χ1n) is 29.3. The quantitative estimate of drug-likeness (QED) is 0.0197. The maximum atomic E-state index is 12.8. The second kappa shape index (κ2) is 54.0. The van der Waals surface area contributed by atoms with E-state index in [4.69, 9.17) is 18.5 Å². The summed E-state index contributed by atoms with van der Waals surface area (Å²) in [6.45, 7) is 5.29. The van der Waals surface area contributed by atoms with Gasteiger partial charge in [-0.25, -0.2) is 0 Å². The number of phosphoric acid groups is 1. The van der Waals surface area contributed by atoms with Crippen LogP contribution in [0.15, 0.2) is 85.1 Å². The van der Waals surface area contributed by atoms with Crippen LogP contribution >= 0.6 is 7.82 Å². The third-order valence-electron chi connectivity index (χ3n) is 12.4. The van der Waals surface area contributed by atoms with Gasteiger partial charge in [-0.05, 0) is 89.9 Å². The fraction of sp³-hybridized carbons (Fsp3) is 0.758. The molecule has 0 fully saturated rings. The summed E-state index contributed by atoms with van der Waals surface area (Å²) in [5.74, 6) is -0.339. The highest BCUT2D eigenvalue weighted by molar-refractivity contribution is 7.45. The van der Waals surface area contributed by atoms with E-state index in [0.717, 1.165) is 70.6 Å². The third kappa shape index (κ3) is 58.4. The molecule has 2 unspecified atom stereocenters. The first-order chi connectivity index (χ1) is 34.6. The van der Waals surface area contributed by atoms with Crippen molar-refractivity contribution in [3.05, 3.63) is 85.1 Å². The average Bonchev–Trinajstić information content (AvgIpc) is 3.33. The monoisotopic (exact) mass is 1010 g/mol. The SMILES string of the molecule is CC/C=C\C/C=C\C/C=C\C/C=C\CCCCCCCCCCCCCCC(=O)OC(COCCCCCCCCCCC/C=C\C/C=C\C/C=C\CCCCCCC)COP(=O)([O-])OCC[N+](C)(C)C. The van der Waals surface area contributed by atoms with Gasteiger partial charge in [-0.3, -0.25) is 9.36 Å². The largest absolute Gasteiger partial charge is 0.756 e. The van der Waals surface area contributed by atoms with Crippen LogP contribution in [-0.4, -0.2) is 70.7 Å². The van der Waals surface area contributed by atoms with Crippen molar-refractivity contribution < 1.29 is 37.3 Å². The number of unbranched alkanes of at least 4 members (excludes halogenated alkanes) is 26. The number of allylic oxidation sites excluding steroid dienone is 14. The summed E-state index contributed by atoms with van der Waals surface area (Å²) in [6, 6.07) is 0. The van der Waals surface area contributed by atoms with Gasteiger partial charge in [-0.15, -0.1) is 0 Å². The van der Waals surface area contributed by atoms with Gasteiger partial charge < -0.3 is 27.9 Å². The molecular weight excluding hydrogens is 902 g/mol. The van der Waals surface area contributed by atoms with Gasteiger partial charge in [0.25, 0.3) is 7.82 Å². The van der Waals surface area contributed by atoms with E-state index in [-0.39, 0.29) is 25.8 Å². The second-order valence-electron chi connectivity index (χ2n) is 20.6. The van der Waals surface area contributed by atoms with Gasteiger partial charge in [0.2, 0.25) is 0 Å². The Morgan fingerprint density at radius 3 is 1.23 bits per heavy atom. The molecule has 0 saturated carbocycles. The zero-order chi connectivity index (χ0) is 51.9. The maximum Gasteiger partial charge on any atom is 0.306 e. The first kappa shape index (κ1) is 68.7. The van der Waals surface area contributed by atoms with Gasteiger partial charge in [-0.1, -0.05) is 234 Å². The number of phosphoric ester groups is 1. The first-order valence-corrected chi connectivity index (χ1v) is 30.8. The molecule has 2 atom stereocenters. The number of nitrogens with zero attached hydrogens (tertiary/aromatic N) is 1. The normalized spacial score (nSPS) is 14.1. The van der Waals surface area contributed by atoms with E-state index in [1.807, 2.05) is 21.1 Å². The predicted molar refractivity (Wildman–Crippen MR) is 305 cm³/mol. The minimum Gasteiger partial charge on any atom is -0.756 e. The van der Waals surface area contributed by atoms with Gasteiger partial charge >= 0.3 is 5.97 Å². The number of rotatable bonds is 54. The highest BCUT2D eigenvalue weighted by Crippen LogP contribution is 2.38. The highest BCUT2D eigenvalue weighted by Gasteiger charge is 2.20. The lowest BCUT2D eigenvalue weighted by Crippen LogP contribution is -2.37. The van der Waals surface area contributed by atoms with Crippen LogP contribution in [0.2, 0.25) is 0 Å². The predicted octanol–water partition coefficient (Wildman–Crippen LogP) is 18.1. The molecule has 71 heavy (non-hydrogen) atoms. The molecule has 0 saturated heterocycles. The van der Waals surface area contributed by atoms with Crippen molar-refractivity contribution in [3.8, 4) is 0 Å². The van der Waals surface area contributed by atoms with Crippen molar-refractivity contribution in [2.45, 2.75) is 251 Å². The highest BCUT2D eigenvalue weighted by atomic mass is 31.2. The van der Waals surface area contributed by atoms with Gasteiger partial charge in [0.1, 0.15) is 19.3 Å². The Bertz CT molecular complexity index is 1410. The molecule has 0 heterocycles. The molecule has 0 radical (unpaired) electrons. The molecule has 0 aliphatic rings. The van der Waals surface area contributed by atoms with E-state index in [1.54, 1.807) is 0 Å². The van der Waals surface area contributed by atoms with E-state index in [1.165, 1.54) is 154 Å². The standard InChI is InChI=1S/C62H112NO7P/c1-6-8-10-12-14-16-18-20-22-24-26-28-30-32-33-35-37-39-41-43-45-47-49-51-53-55-62(64)70-61(60-69-71(65,66)68-58-56-63(3,4)5)59-67-57-54-52-50-48-46-44-42-40-38-36-34-31-29-27-25-23-21-19-17-15-13-11-9-7-2/h8,10,14,16,19-22,25-28,31,34,61H,6-7,9,11-13,15,17-18,23-24,29-30,32-33,35-60H2,1-5H3/b10-8-,16-14-,21-19-,22-20-,27-25-,28-26-,34-31-. The molecule has 0 amide bonds. The van der Waals surface area contributed by atoms with Crippen LogP contribution in [0.5, 0.6) is 0 Å². The van der Waals surface area contributed by atoms with E-state index in [0.29, 0.717) is 24.1 Å². The Labute approximate surface area is 439 Å². The number of ether oxygens (including phenoxy) is 2. The van der Waals surface area contributed by atoms with Crippen molar-refractivity contribution in [1.29, 1.82) is 0 Å². The molecule has 0 aromatic carbocycles. The smallest absolute Gasteiger partial charge is 0.306 e. The van der Waals surface area contributed by atoms with E-state index >= 15 is 0 Å². The molecular formula is C62H112NO7P. The van der Waals surface area contributed by atoms with Gasteiger partial charge in [0.15, 0.2) is 0 Å². The number of quaternary nitrogens is 1. The number of likely N-dealkylation sites (N-methyl/N-ethyl adjacent to an activating group) is 1. The van der Waals surface area contributed by atoms with Gasteiger partial charge in [0, 0.05) is 13.0 Å². The molecule has 0 N–H and O–H groups in total. The second-order valence-corrected chi connectivity index (χ2v) is 22.0. The van der Waals surface area contributed by atoms with Gasteiger partial charge in [0.05, 0.1) is 34.4 Å².